The van der Waals surface area contributed by atoms with Crippen LogP contribution >= 0.6 is 0 Å². The molecule has 0 radical (unpaired) electrons. The van der Waals surface area contributed by atoms with E-state index in [1.807, 2.05) is 6.07 Å². The molecule has 2 heterocycles. The van der Waals surface area contributed by atoms with E-state index in [-0.39, 0.29) is 0 Å². The Labute approximate surface area is 113 Å². The fraction of sp³-hybridized carbons (Fsp3) is 0.500. The van der Waals surface area contributed by atoms with E-state index in [0.717, 1.165) is 18.9 Å². The Kier molecular flexibility index (Phi) is 3.60. The van der Waals surface area contributed by atoms with Gasteiger partial charge in [0.15, 0.2) is 0 Å². The molecule has 1 aliphatic rings. The van der Waals surface area contributed by atoms with Gasteiger partial charge in [-0.15, -0.1) is 0 Å². The first-order chi connectivity index (χ1) is 6.75. The van der Waals surface area contributed by atoms with Crippen LogP contribution in [0.1, 0.15) is 0 Å². The molecule has 1 saturated heterocycles. The van der Waals surface area contributed by atoms with Crippen LogP contribution in [0.5, 0.6) is 0 Å². The van der Waals surface area contributed by atoms with Gasteiger partial charge in [-0.2, -0.15) is 0 Å². The maximum absolute atomic E-state index is 5.54. The van der Waals surface area contributed by atoms with E-state index < -0.39 is 0 Å². The first-order valence-corrected chi connectivity index (χ1v) is 8.45. The van der Waals surface area contributed by atoms with Crippen molar-refractivity contribution in [2.45, 2.75) is 0 Å². The SMILES string of the molecule is Nc1nccc(N2CC[N]([RaH])CC2)n1. The van der Waals surface area contributed by atoms with Crippen LogP contribution in [0.2, 0.25) is 0 Å². The Bertz CT molecular complexity index is 310. The third-order valence-electron chi connectivity index (χ3n) is 2.49. The zero-order valence-corrected chi connectivity index (χ0v) is 16.6. The molecule has 5 nitrogen and oxygen atoms in total. The summed E-state index contributed by atoms with van der Waals surface area (Å²) in [5, 5.41) is 0. The van der Waals surface area contributed by atoms with Gasteiger partial charge in [0, 0.05) is 0 Å². The summed E-state index contributed by atoms with van der Waals surface area (Å²) in [4.78, 5) is 10.4. The van der Waals surface area contributed by atoms with Crippen molar-refractivity contribution in [3.05, 3.63) is 12.3 Å². The van der Waals surface area contributed by atoms with Gasteiger partial charge in [0.2, 0.25) is 0 Å². The van der Waals surface area contributed by atoms with Crippen molar-refractivity contribution in [3.63, 3.8) is 0 Å². The Morgan fingerprint density at radius 3 is 2.64 bits per heavy atom. The van der Waals surface area contributed by atoms with Gasteiger partial charge in [0.25, 0.3) is 0 Å². The van der Waals surface area contributed by atoms with Crippen molar-refractivity contribution in [1.29, 1.82) is 0 Å². The summed E-state index contributed by atoms with van der Waals surface area (Å²) in [6.07, 6.45) is 1.72. The number of piperazine rings is 1. The van der Waals surface area contributed by atoms with Crippen molar-refractivity contribution < 1.29 is 43.2 Å². The van der Waals surface area contributed by atoms with Crippen molar-refractivity contribution >= 4 is 11.8 Å². The third-order valence-corrected chi connectivity index (χ3v) is 6.16. The summed E-state index contributed by atoms with van der Waals surface area (Å²) < 4.78 is 2.54. The molecule has 0 aliphatic carbocycles. The molecule has 1 fully saturated rings. The molecule has 0 aromatic carbocycles. The molecule has 0 saturated carbocycles. The van der Waals surface area contributed by atoms with Crippen molar-refractivity contribution in [2.75, 3.05) is 36.8 Å². The van der Waals surface area contributed by atoms with E-state index in [1.165, 1.54) is 13.1 Å². The molecule has 1 aliphatic heterocycles. The summed E-state index contributed by atoms with van der Waals surface area (Å²) in [5.41, 5.74) is 5.54. The molecular weight excluding hydrogens is 392 g/mol. The standard InChI is InChI=1S/C8H12N5.Ra.H/c9-8-11-2-1-7(12-8)13-5-3-10-4-6-13;;/h1-2H,3-6H2,(H2,9,11,12);;/q-1;+1;. The van der Waals surface area contributed by atoms with Gasteiger partial charge in [0.05, 0.1) is 0 Å². The molecule has 2 N–H and O–H groups in total. The first-order valence-electron chi connectivity index (χ1n) is 4.78. The average Bonchev–Trinajstić information content (AvgIpc) is 2.19. The number of aromatic nitrogens is 2. The normalized spacial score (nSPS) is 18.4. The molecule has 1 aromatic rings. The summed E-state index contributed by atoms with van der Waals surface area (Å²) in [7, 11) is 0. The number of nitrogens with zero attached hydrogens (tertiary/aromatic N) is 4. The second-order valence-corrected chi connectivity index (χ2v) is 8.76. The monoisotopic (exact) mass is 405 g/mol. The van der Waals surface area contributed by atoms with E-state index in [2.05, 4.69) is 15.3 Å². The van der Waals surface area contributed by atoms with Gasteiger partial charge in [-0.05, 0) is 0 Å². The number of nitrogen functional groups attached to an aromatic ring is 1. The molecule has 0 bridgehead atoms. The zero-order valence-electron chi connectivity index (χ0n) is 8.35. The van der Waals surface area contributed by atoms with Crippen LogP contribution in [0.25, 0.3) is 0 Å². The molecule has 72 valence electrons. The maximum atomic E-state index is 5.54. The molecule has 0 atom stereocenters. The Hall–Kier alpha value is 0.108. The van der Waals surface area contributed by atoms with Crippen LogP contribution in [-0.2, 0) is 0 Å². The van der Waals surface area contributed by atoms with Gasteiger partial charge >= 0.3 is 114 Å². The Morgan fingerprint density at radius 2 is 2.00 bits per heavy atom. The van der Waals surface area contributed by atoms with Gasteiger partial charge in [-0.1, -0.05) is 0 Å². The topological polar surface area (TPSA) is 58.3 Å². The van der Waals surface area contributed by atoms with Crippen LogP contribution in [0.15, 0.2) is 12.3 Å². The quantitative estimate of drug-likeness (QED) is 0.675. The van der Waals surface area contributed by atoms with Crippen LogP contribution in [0.4, 0.5) is 11.8 Å². The van der Waals surface area contributed by atoms with Crippen molar-refractivity contribution in [1.82, 2.24) is 10.4 Å². The van der Waals surface area contributed by atoms with Gasteiger partial charge < -0.3 is 0 Å². The molecule has 2 rings (SSSR count). The van der Waals surface area contributed by atoms with E-state index in [1.54, 1.807) is 6.20 Å². The number of nitrogens with two attached hydrogens (primary N) is 1. The summed E-state index contributed by atoms with van der Waals surface area (Å²) in [6, 6.07) is 1.92. The fourth-order valence-electron chi connectivity index (χ4n) is 1.58. The Balaban J connectivity index is 2.08. The summed E-state index contributed by atoms with van der Waals surface area (Å²) in [6.45, 7) is 4.48. The van der Waals surface area contributed by atoms with E-state index in [0.29, 0.717) is 49.2 Å². The molecule has 14 heavy (non-hydrogen) atoms. The number of hydrogen-bond donors (Lipinski definition) is 1. The molecule has 0 amide bonds. The second-order valence-electron chi connectivity index (χ2n) is 3.56. The molecule has 6 heteroatoms. The molecule has 1 aromatic heterocycles. The molecular formula is C8H13N5Ra. The summed E-state index contributed by atoms with van der Waals surface area (Å²) >= 11 is 0.513. The third kappa shape index (κ3) is 2.57. The summed E-state index contributed by atoms with van der Waals surface area (Å²) in [5.74, 6) is 1.32. The Morgan fingerprint density at radius 1 is 1.29 bits per heavy atom. The fourth-order valence-corrected chi connectivity index (χ4v) is 3.22. The van der Waals surface area contributed by atoms with Crippen LogP contribution in [0, 0.1) is 43.2 Å². The predicted molar refractivity (Wildman–Crippen MR) is 51.6 cm³/mol. The zero-order chi connectivity index (χ0) is 9.97. The van der Waals surface area contributed by atoms with E-state index in [9.17, 15) is 0 Å². The second kappa shape index (κ2) is 4.75. The molecule has 0 spiro atoms. The van der Waals surface area contributed by atoms with Gasteiger partial charge in [0.1, 0.15) is 0 Å². The van der Waals surface area contributed by atoms with Gasteiger partial charge in [-0.25, -0.2) is 0 Å². The number of rotatable bonds is 1. The minimum atomic E-state index is 0.363. The van der Waals surface area contributed by atoms with Crippen LogP contribution in [0.3, 0.4) is 0 Å². The van der Waals surface area contributed by atoms with Crippen molar-refractivity contribution in [2.24, 2.45) is 0 Å². The van der Waals surface area contributed by atoms with E-state index in [4.69, 9.17) is 5.73 Å². The van der Waals surface area contributed by atoms with Crippen LogP contribution in [-0.4, -0.2) is 36.6 Å². The number of hydrogen-bond acceptors (Lipinski definition) is 5. The molecule has 0 unspecified atom stereocenters. The number of anilines is 2. The average molecular weight is 405 g/mol. The minimum absolute atomic E-state index is 0.363. The van der Waals surface area contributed by atoms with Crippen molar-refractivity contribution in [3.8, 4) is 0 Å². The van der Waals surface area contributed by atoms with Crippen LogP contribution < -0.4 is 10.6 Å². The predicted octanol–water partition coefficient (Wildman–Crippen LogP) is -0.623. The van der Waals surface area contributed by atoms with E-state index >= 15 is 0 Å². The van der Waals surface area contributed by atoms with Gasteiger partial charge in [-0.3, -0.25) is 0 Å². The first kappa shape index (κ1) is 10.6.